The van der Waals surface area contributed by atoms with E-state index in [9.17, 15) is 10.1 Å². The topological polar surface area (TPSA) is 139 Å². The molecule has 1 aromatic heterocycles. The Balaban J connectivity index is 2.87. The summed E-state index contributed by atoms with van der Waals surface area (Å²) in [6.07, 6.45) is 1.12. The number of nitrogens with one attached hydrogen (secondary N) is 2. The Hall–Kier alpha value is -2.00. The van der Waals surface area contributed by atoms with E-state index in [1.165, 1.54) is 0 Å². The summed E-state index contributed by atoms with van der Waals surface area (Å²) in [5.74, 6) is 5.12. The highest BCUT2D eigenvalue weighted by atomic mass is 16.6. The second-order valence-electron chi connectivity index (χ2n) is 3.39. The number of aliphatic hydroxyl groups is 1. The largest absolute Gasteiger partial charge is 0.393 e. The number of nitro groups is 1. The Morgan fingerprint density at radius 2 is 2.24 bits per heavy atom. The van der Waals surface area contributed by atoms with Gasteiger partial charge in [0.25, 0.3) is 0 Å². The van der Waals surface area contributed by atoms with Crippen LogP contribution in [0.1, 0.15) is 13.3 Å². The van der Waals surface area contributed by atoms with Crippen LogP contribution >= 0.6 is 0 Å². The molecule has 0 saturated carbocycles. The molecule has 1 unspecified atom stereocenters. The average molecular weight is 242 g/mol. The van der Waals surface area contributed by atoms with Crippen molar-refractivity contribution in [3.05, 3.63) is 16.4 Å². The van der Waals surface area contributed by atoms with Crippen LogP contribution in [0.15, 0.2) is 6.33 Å². The number of aromatic nitrogens is 2. The average Bonchev–Trinajstić information content (AvgIpc) is 2.27. The van der Waals surface area contributed by atoms with Crippen LogP contribution in [0.2, 0.25) is 0 Å². The van der Waals surface area contributed by atoms with Gasteiger partial charge in [0.05, 0.1) is 11.0 Å². The summed E-state index contributed by atoms with van der Waals surface area (Å²) >= 11 is 0. The monoisotopic (exact) mass is 242 g/mol. The van der Waals surface area contributed by atoms with Gasteiger partial charge in [0.15, 0.2) is 0 Å². The molecule has 0 spiro atoms. The number of nitrogen functional groups attached to an aromatic ring is 1. The number of nitrogens with two attached hydrogens (primary N) is 1. The number of hydrogen-bond acceptors (Lipinski definition) is 8. The Morgan fingerprint density at radius 3 is 2.76 bits per heavy atom. The van der Waals surface area contributed by atoms with Gasteiger partial charge in [-0.15, -0.1) is 0 Å². The van der Waals surface area contributed by atoms with Crippen LogP contribution < -0.4 is 16.6 Å². The highest BCUT2D eigenvalue weighted by molar-refractivity contribution is 5.68. The standard InChI is InChI=1S/C8H14N6O3/c1-5(15)2-3-10-7-6(14(16)17)8(13-9)12-4-11-7/h4-5,15H,2-3,9H2,1H3,(H2,10,11,12,13). The van der Waals surface area contributed by atoms with Crippen molar-refractivity contribution in [2.75, 3.05) is 17.3 Å². The summed E-state index contributed by atoms with van der Waals surface area (Å²) < 4.78 is 0. The third kappa shape index (κ3) is 3.50. The smallest absolute Gasteiger partial charge is 0.354 e. The van der Waals surface area contributed by atoms with Crippen LogP contribution in [0, 0.1) is 10.1 Å². The van der Waals surface area contributed by atoms with E-state index in [1.54, 1.807) is 6.92 Å². The minimum absolute atomic E-state index is 0.0652. The zero-order valence-electron chi connectivity index (χ0n) is 9.25. The van der Waals surface area contributed by atoms with Gasteiger partial charge in [-0.1, -0.05) is 0 Å². The maximum Gasteiger partial charge on any atom is 0.354 e. The molecule has 0 fully saturated rings. The molecule has 1 atom stereocenters. The Bertz CT molecular complexity index is 397. The van der Waals surface area contributed by atoms with E-state index in [-0.39, 0.29) is 17.3 Å². The summed E-state index contributed by atoms with van der Waals surface area (Å²) in [4.78, 5) is 17.6. The quantitative estimate of drug-likeness (QED) is 0.307. The number of nitrogens with zero attached hydrogens (tertiary/aromatic N) is 3. The summed E-state index contributed by atoms with van der Waals surface area (Å²) in [5.41, 5.74) is 1.82. The number of rotatable bonds is 6. The molecule has 9 nitrogen and oxygen atoms in total. The molecule has 1 rings (SSSR count). The van der Waals surface area contributed by atoms with Crippen molar-refractivity contribution in [1.82, 2.24) is 9.97 Å². The third-order valence-corrected chi connectivity index (χ3v) is 2.00. The number of anilines is 2. The van der Waals surface area contributed by atoms with Crippen LogP contribution in [0.3, 0.4) is 0 Å². The van der Waals surface area contributed by atoms with Crippen molar-refractivity contribution < 1.29 is 10.0 Å². The van der Waals surface area contributed by atoms with Gasteiger partial charge in [-0.25, -0.2) is 15.8 Å². The lowest BCUT2D eigenvalue weighted by Gasteiger charge is -2.08. The maximum atomic E-state index is 10.8. The minimum atomic E-state index is -0.625. The lowest BCUT2D eigenvalue weighted by Crippen LogP contribution is -2.15. The molecule has 0 saturated heterocycles. The first kappa shape index (κ1) is 13.1. The zero-order chi connectivity index (χ0) is 12.8. The molecule has 1 aromatic rings. The molecule has 5 N–H and O–H groups in total. The van der Waals surface area contributed by atoms with Crippen LogP contribution in [0.25, 0.3) is 0 Å². The molecule has 1 heterocycles. The second kappa shape index (κ2) is 5.92. The van der Waals surface area contributed by atoms with Crippen molar-refractivity contribution >= 4 is 17.3 Å². The summed E-state index contributed by atoms with van der Waals surface area (Å²) in [7, 11) is 0. The molecule has 0 bridgehead atoms. The number of aliphatic hydroxyl groups excluding tert-OH is 1. The van der Waals surface area contributed by atoms with Crippen LogP contribution in [0.5, 0.6) is 0 Å². The molecule has 94 valence electrons. The Labute approximate surface area is 97.2 Å². The summed E-state index contributed by atoms with van der Waals surface area (Å²) in [5, 5.41) is 22.7. The fourth-order valence-corrected chi connectivity index (χ4v) is 1.19. The predicted molar refractivity (Wildman–Crippen MR) is 61.3 cm³/mol. The predicted octanol–water partition coefficient (Wildman–Crippen LogP) is -0.147. The van der Waals surface area contributed by atoms with E-state index in [0.717, 1.165) is 6.33 Å². The van der Waals surface area contributed by atoms with Gasteiger partial charge >= 0.3 is 5.69 Å². The molecule has 0 aliphatic carbocycles. The van der Waals surface area contributed by atoms with E-state index >= 15 is 0 Å². The van der Waals surface area contributed by atoms with Gasteiger partial charge < -0.3 is 15.8 Å². The Kier molecular flexibility index (Phi) is 4.55. The van der Waals surface area contributed by atoms with E-state index in [1.807, 2.05) is 0 Å². The Morgan fingerprint density at radius 1 is 1.59 bits per heavy atom. The van der Waals surface area contributed by atoms with E-state index in [2.05, 4.69) is 20.7 Å². The zero-order valence-corrected chi connectivity index (χ0v) is 9.25. The molecular formula is C8H14N6O3. The highest BCUT2D eigenvalue weighted by Crippen LogP contribution is 2.27. The normalized spacial score (nSPS) is 11.9. The summed E-state index contributed by atoms with van der Waals surface area (Å²) in [6, 6.07) is 0. The number of hydrazine groups is 1. The van der Waals surface area contributed by atoms with Gasteiger partial charge in [0, 0.05) is 6.54 Å². The lowest BCUT2D eigenvalue weighted by molar-refractivity contribution is -0.383. The SMILES string of the molecule is CC(O)CCNc1ncnc(NN)c1[N+](=O)[O-]. The minimum Gasteiger partial charge on any atom is -0.393 e. The summed E-state index contributed by atoms with van der Waals surface area (Å²) in [6.45, 7) is 1.99. The third-order valence-electron chi connectivity index (χ3n) is 2.00. The fraction of sp³-hybridized carbons (Fsp3) is 0.500. The molecule has 9 heteroatoms. The van der Waals surface area contributed by atoms with Crippen molar-refractivity contribution in [2.24, 2.45) is 5.84 Å². The van der Waals surface area contributed by atoms with Crippen LogP contribution in [-0.4, -0.2) is 32.6 Å². The van der Waals surface area contributed by atoms with Crippen LogP contribution in [-0.2, 0) is 0 Å². The van der Waals surface area contributed by atoms with Gasteiger partial charge in [-0.3, -0.25) is 10.1 Å². The van der Waals surface area contributed by atoms with E-state index < -0.39 is 11.0 Å². The first-order valence-corrected chi connectivity index (χ1v) is 4.94. The first-order valence-electron chi connectivity index (χ1n) is 4.94. The fourth-order valence-electron chi connectivity index (χ4n) is 1.19. The molecule has 0 aromatic carbocycles. The molecular weight excluding hydrogens is 228 g/mol. The van der Waals surface area contributed by atoms with E-state index in [0.29, 0.717) is 13.0 Å². The van der Waals surface area contributed by atoms with Crippen molar-refractivity contribution in [2.45, 2.75) is 19.4 Å². The molecule has 0 aliphatic heterocycles. The van der Waals surface area contributed by atoms with Gasteiger partial charge in [-0.05, 0) is 13.3 Å². The van der Waals surface area contributed by atoms with Crippen molar-refractivity contribution in [3.8, 4) is 0 Å². The van der Waals surface area contributed by atoms with Crippen molar-refractivity contribution in [1.29, 1.82) is 0 Å². The maximum absolute atomic E-state index is 10.8. The second-order valence-corrected chi connectivity index (χ2v) is 3.39. The molecule has 0 aliphatic rings. The molecule has 0 amide bonds. The molecule has 17 heavy (non-hydrogen) atoms. The van der Waals surface area contributed by atoms with Gasteiger partial charge in [-0.2, -0.15) is 0 Å². The van der Waals surface area contributed by atoms with Gasteiger partial charge in [0.2, 0.25) is 11.6 Å². The van der Waals surface area contributed by atoms with Crippen LogP contribution in [0.4, 0.5) is 17.3 Å². The molecule has 0 radical (unpaired) electrons. The highest BCUT2D eigenvalue weighted by Gasteiger charge is 2.21. The van der Waals surface area contributed by atoms with Gasteiger partial charge in [0.1, 0.15) is 6.33 Å². The number of hydrogen-bond donors (Lipinski definition) is 4. The lowest BCUT2D eigenvalue weighted by atomic mass is 10.3. The first-order chi connectivity index (χ1) is 8.06. The van der Waals surface area contributed by atoms with Crippen molar-refractivity contribution in [3.63, 3.8) is 0 Å². The van der Waals surface area contributed by atoms with E-state index in [4.69, 9.17) is 10.9 Å².